The summed E-state index contributed by atoms with van der Waals surface area (Å²) in [6.45, 7) is 3.35. The summed E-state index contributed by atoms with van der Waals surface area (Å²) in [6.07, 6.45) is 0.702. The summed E-state index contributed by atoms with van der Waals surface area (Å²) in [5.41, 5.74) is 0.367. The van der Waals surface area contributed by atoms with E-state index in [2.05, 4.69) is 10.0 Å². The predicted molar refractivity (Wildman–Crippen MR) is 113 cm³/mol. The monoisotopic (exact) mass is 460 g/mol. The molecule has 0 saturated carbocycles. The fourth-order valence-corrected chi connectivity index (χ4v) is 3.75. The van der Waals surface area contributed by atoms with E-state index < -0.39 is 10.0 Å². The van der Waals surface area contributed by atoms with Crippen LogP contribution in [0.15, 0.2) is 47.4 Å². The third kappa shape index (κ3) is 7.74. The molecule has 7 nitrogen and oxygen atoms in total. The third-order valence-corrected chi connectivity index (χ3v) is 5.59. The predicted octanol–water partition coefficient (Wildman–Crippen LogP) is 3.72. The van der Waals surface area contributed by atoms with Crippen LogP contribution in [-0.4, -0.2) is 40.7 Å². The second-order valence-electron chi connectivity index (χ2n) is 5.89. The maximum Gasteiger partial charge on any atom is 0.261 e. The lowest BCUT2D eigenvalue weighted by atomic mass is 10.3. The topological polar surface area (TPSA) is 93.7 Å². The molecule has 0 bridgehead atoms. The average Bonchev–Trinajstić information content (AvgIpc) is 2.68. The van der Waals surface area contributed by atoms with Crippen molar-refractivity contribution in [1.29, 1.82) is 0 Å². The fourth-order valence-electron chi connectivity index (χ4n) is 2.24. The number of carbonyl (C=O) groups is 1. The Hall–Kier alpha value is -2.00. The second-order valence-corrected chi connectivity index (χ2v) is 8.42. The zero-order valence-corrected chi connectivity index (χ0v) is 18.1. The Morgan fingerprint density at radius 1 is 1.10 bits per heavy atom. The van der Waals surface area contributed by atoms with Crippen molar-refractivity contribution < 1.29 is 22.7 Å². The van der Waals surface area contributed by atoms with E-state index in [-0.39, 0.29) is 28.2 Å². The number of hydrogen-bond donors (Lipinski definition) is 2. The van der Waals surface area contributed by atoms with Gasteiger partial charge in [-0.2, -0.15) is 0 Å². The van der Waals surface area contributed by atoms with Gasteiger partial charge in [0.05, 0.1) is 9.92 Å². The second kappa shape index (κ2) is 11.3. The van der Waals surface area contributed by atoms with Crippen LogP contribution < -0.4 is 14.8 Å². The normalized spacial score (nSPS) is 11.1. The summed E-state index contributed by atoms with van der Waals surface area (Å²) in [7, 11) is -3.84. The van der Waals surface area contributed by atoms with Gasteiger partial charge in [-0.3, -0.25) is 9.52 Å². The highest BCUT2D eigenvalue weighted by atomic mass is 35.5. The number of amides is 1. The molecule has 29 heavy (non-hydrogen) atoms. The molecule has 2 rings (SSSR count). The SMILES string of the molecule is CCOCCCNC(=O)COc1ccc(S(=O)(=O)Nc2ccc(Cl)cc2)cc1Cl. The number of halogens is 2. The van der Waals surface area contributed by atoms with Gasteiger partial charge in [0.15, 0.2) is 6.61 Å². The first-order chi connectivity index (χ1) is 13.8. The van der Waals surface area contributed by atoms with Crippen LogP contribution >= 0.6 is 23.2 Å². The Bertz CT molecular complexity index is 921. The summed E-state index contributed by atoms with van der Waals surface area (Å²) in [6, 6.07) is 10.3. The Balaban J connectivity index is 1.92. The molecule has 0 fully saturated rings. The van der Waals surface area contributed by atoms with Gasteiger partial charge in [0.25, 0.3) is 15.9 Å². The van der Waals surface area contributed by atoms with Gasteiger partial charge in [-0.15, -0.1) is 0 Å². The maximum absolute atomic E-state index is 12.5. The molecule has 10 heteroatoms. The molecule has 0 aliphatic carbocycles. The van der Waals surface area contributed by atoms with Crippen LogP contribution in [-0.2, 0) is 19.6 Å². The largest absolute Gasteiger partial charge is 0.482 e. The quantitative estimate of drug-likeness (QED) is 0.498. The number of hydrogen-bond acceptors (Lipinski definition) is 5. The molecule has 0 unspecified atom stereocenters. The van der Waals surface area contributed by atoms with Crippen LogP contribution in [0.3, 0.4) is 0 Å². The smallest absolute Gasteiger partial charge is 0.261 e. The summed E-state index contributed by atoms with van der Waals surface area (Å²) < 4.78 is 38.0. The number of benzene rings is 2. The zero-order chi connectivity index (χ0) is 21.3. The molecule has 0 atom stereocenters. The molecule has 2 aromatic carbocycles. The molecule has 0 radical (unpaired) electrons. The number of sulfonamides is 1. The minimum absolute atomic E-state index is 0.0369. The van der Waals surface area contributed by atoms with Crippen LogP contribution in [0.5, 0.6) is 5.75 Å². The number of rotatable bonds is 11. The number of ether oxygens (including phenoxy) is 2. The first kappa shape index (κ1) is 23.3. The number of nitrogens with one attached hydrogen (secondary N) is 2. The number of carbonyl (C=O) groups excluding carboxylic acids is 1. The average molecular weight is 461 g/mol. The van der Waals surface area contributed by atoms with Gasteiger partial charge in [-0.1, -0.05) is 23.2 Å². The summed E-state index contributed by atoms with van der Waals surface area (Å²) in [5.74, 6) is -0.0970. The van der Waals surface area contributed by atoms with Gasteiger partial charge in [-0.25, -0.2) is 8.42 Å². The summed E-state index contributed by atoms with van der Waals surface area (Å²) in [4.78, 5) is 11.7. The highest BCUT2D eigenvalue weighted by molar-refractivity contribution is 7.92. The summed E-state index contributed by atoms with van der Waals surface area (Å²) in [5, 5.41) is 3.27. The lowest BCUT2D eigenvalue weighted by Gasteiger charge is -2.11. The van der Waals surface area contributed by atoms with Crippen molar-refractivity contribution in [2.24, 2.45) is 0 Å². The van der Waals surface area contributed by atoms with E-state index in [1.807, 2.05) is 6.92 Å². The molecule has 0 aliphatic rings. The minimum atomic E-state index is -3.84. The van der Waals surface area contributed by atoms with E-state index in [0.717, 1.165) is 0 Å². The molecule has 0 aliphatic heterocycles. The van der Waals surface area contributed by atoms with E-state index in [9.17, 15) is 13.2 Å². The van der Waals surface area contributed by atoms with Crippen LogP contribution in [0.25, 0.3) is 0 Å². The molecule has 158 valence electrons. The van der Waals surface area contributed by atoms with E-state index >= 15 is 0 Å². The lowest BCUT2D eigenvalue weighted by Crippen LogP contribution is -2.30. The fraction of sp³-hybridized carbons (Fsp3) is 0.316. The molecule has 0 spiro atoms. The Morgan fingerprint density at radius 3 is 2.48 bits per heavy atom. The Morgan fingerprint density at radius 2 is 1.83 bits per heavy atom. The van der Waals surface area contributed by atoms with Crippen molar-refractivity contribution in [3.05, 3.63) is 52.5 Å². The van der Waals surface area contributed by atoms with Crippen molar-refractivity contribution in [2.75, 3.05) is 31.1 Å². The van der Waals surface area contributed by atoms with Gasteiger partial charge in [0, 0.05) is 30.5 Å². The highest BCUT2D eigenvalue weighted by Crippen LogP contribution is 2.28. The van der Waals surface area contributed by atoms with E-state index in [1.54, 1.807) is 24.3 Å². The molecular weight excluding hydrogens is 439 g/mol. The van der Waals surface area contributed by atoms with E-state index in [4.69, 9.17) is 32.7 Å². The molecule has 0 aromatic heterocycles. The molecule has 1 amide bonds. The van der Waals surface area contributed by atoms with Gasteiger partial charge < -0.3 is 14.8 Å². The van der Waals surface area contributed by atoms with E-state index in [1.165, 1.54) is 18.2 Å². The van der Waals surface area contributed by atoms with Gasteiger partial charge >= 0.3 is 0 Å². The van der Waals surface area contributed by atoms with Crippen LogP contribution in [0.4, 0.5) is 5.69 Å². The molecule has 0 saturated heterocycles. The highest BCUT2D eigenvalue weighted by Gasteiger charge is 2.17. The summed E-state index contributed by atoms with van der Waals surface area (Å²) >= 11 is 11.9. The Labute approximate surface area is 180 Å². The van der Waals surface area contributed by atoms with Crippen molar-refractivity contribution in [3.63, 3.8) is 0 Å². The molecular formula is C19H22Cl2N2O5S. The maximum atomic E-state index is 12.5. The lowest BCUT2D eigenvalue weighted by molar-refractivity contribution is -0.123. The molecule has 0 heterocycles. The first-order valence-corrected chi connectivity index (χ1v) is 11.1. The van der Waals surface area contributed by atoms with Gasteiger partial charge in [-0.05, 0) is 55.8 Å². The molecule has 2 aromatic rings. The zero-order valence-electron chi connectivity index (χ0n) is 15.8. The van der Waals surface area contributed by atoms with Crippen molar-refractivity contribution >= 4 is 44.8 Å². The van der Waals surface area contributed by atoms with Gasteiger partial charge in [0.1, 0.15) is 5.75 Å². The van der Waals surface area contributed by atoms with Crippen molar-refractivity contribution in [3.8, 4) is 5.75 Å². The Kier molecular flexibility index (Phi) is 9.03. The van der Waals surface area contributed by atoms with Crippen molar-refractivity contribution in [1.82, 2.24) is 5.32 Å². The molecule has 2 N–H and O–H groups in total. The van der Waals surface area contributed by atoms with E-state index in [0.29, 0.717) is 36.9 Å². The van der Waals surface area contributed by atoms with Crippen LogP contribution in [0, 0.1) is 0 Å². The van der Waals surface area contributed by atoms with Crippen molar-refractivity contribution in [2.45, 2.75) is 18.2 Å². The standard InChI is InChI=1S/C19H22Cl2N2O5S/c1-2-27-11-3-10-22-19(24)13-28-18-9-8-16(12-17(18)21)29(25,26)23-15-6-4-14(20)5-7-15/h4-9,12,23H,2-3,10-11,13H2,1H3,(H,22,24). The van der Waals surface area contributed by atoms with Gasteiger partial charge in [0.2, 0.25) is 0 Å². The van der Waals surface area contributed by atoms with Crippen LogP contribution in [0.1, 0.15) is 13.3 Å². The van der Waals surface area contributed by atoms with Crippen LogP contribution in [0.2, 0.25) is 10.0 Å². The third-order valence-electron chi connectivity index (χ3n) is 3.66. The minimum Gasteiger partial charge on any atom is -0.482 e. The first-order valence-electron chi connectivity index (χ1n) is 8.87. The number of anilines is 1.